The van der Waals surface area contributed by atoms with E-state index in [4.69, 9.17) is 32.4 Å². The second kappa shape index (κ2) is 10.5. The number of carbonyl (C=O) groups excluding carboxylic acids is 2. The number of nitrogens with one attached hydrogen (secondary N) is 2. The molecule has 1 aromatic heterocycles. The summed E-state index contributed by atoms with van der Waals surface area (Å²) in [6.45, 7) is 0.458. The van der Waals surface area contributed by atoms with Crippen molar-refractivity contribution < 1.29 is 18.7 Å². The normalized spacial score (nSPS) is 10.7. The second-order valence-electron chi connectivity index (χ2n) is 6.07. The summed E-state index contributed by atoms with van der Waals surface area (Å²) in [6.07, 6.45) is 2.90. The zero-order chi connectivity index (χ0) is 21.3. The number of ether oxygens (including phenoxy) is 1. The largest absolute Gasteiger partial charge is 0.489 e. The van der Waals surface area contributed by atoms with E-state index < -0.39 is 11.8 Å². The zero-order valence-corrected chi connectivity index (χ0v) is 17.1. The van der Waals surface area contributed by atoms with Crippen LogP contribution in [0.25, 0.3) is 0 Å². The Morgan fingerprint density at radius 1 is 1.03 bits per heavy atom. The Bertz CT molecular complexity index is 1030. The lowest BCUT2D eigenvalue weighted by molar-refractivity contribution is -0.139. The number of carbonyl (C=O) groups is 2. The van der Waals surface area contributed by atoms with E-state index in [-0.39, 0.29) is 6.54 Å². The van der Waals surface area contributed by atoms with Crippen LogP contribution in [0.5, 0.6) is 5.75 Å². The number of furan rings is 1. The summed E-state index contributed by atoms with van der Waals surface area (Å²) in [4.78, 5) is 23.4. The third-order valence-corrected chi connectivity index (χ3v) is 4.60. The maximum Gasteiger partial charge on any atom is 0.329 e. The molecule has 0 saturated carbocycles. The van der Waals surface area contributed by atoms with E-state index >= 15 is 0 Å². The molecule has 0 radical (unpaired) electrons. The predicted molar refractivity (Wildman–Crippen MR) is 114 cm³/mol. The number of amides is 2. The van der Waals surface area contributed by atoms with E-state index in [0.29, 0.717) is 33.7 Å². The van der Waals surface area contributed by atoms with Crippen molar-refractivity contribution in [3.8, 4) is 5.75 Å². The number of hydrazone groups is 1. The Morgan fingerprint density at radius 3 is 2.53 bits per heavy atom. The van der Waals surface area contributed by atoms with Gasteiger partial charge in [0.1, 0.15) is 18.1 Å². The van der Waals surface area contributed by atoms with Gasteiger partial charge in [0.05, 0.1) is 29.1 Å². The van der Waals surface area contributed by atoms with Crippen LogP contribution in [0.4, 0.5) is 0 Å². The van der Waals surface area contributed by atoms with Crippen molar-refractivity contribution >= 4 is 41.2 Å². The number of hydrogen-bond acceptors (Lipinski definition) is 5. The minimum absolute atomic E-state index is 0.118. The molecule has 3 rings (SSSR count). The fourth-order valence-corrected chi connectivity index (χ4v) is 2.64. The molecule has 0 bridgehead atoms. The van der Waals surface area contributed by atoms with Crippen LogP contribution in [-0.2, 0) is 22.7 Å². The Hall–Kier alpha value is -3.29. The van der Waals surface area contributed by atoms with Crippen LogP contribution in [0.15, 0.2) is 70.4 Å². The monoisotopic (exact) mass is 445 g/mol. The Balaban J connectivity index is 1.44. The molecule has 2 aromatic carbocycles. The van der Waals surface area contributed by atoms with Gasteiger partial charge in [-0.2, -0.15) is 5.10 Å². The predicted octanol–water partition coefficient (Wildman–Crippen LogP) is 3.93. The van der Waals surface area contributed by atoms with Crippen LogP contribution in [0.1, 0.15) is 16.9 Å². The third kappa shape index (κ3) is 6.37. The van der Waals surface area contributed by atoms with Crippen molar-refractivity contribution in [2.24, 2.45) is 5.10 Å². The fraction of sp³-hybridized carbons (Fsp3) is 0.0952. The van der Waals surface area contributed by atoms with Crippen LogP contribution in [0.2, 0.25) is 10.0 Å². The van der Waals surface area contributed by atoms with Gasteiger partial charge in [0, 0.05) is 0 Å². The van der Waals surface area contributed by atoms with E-state index in [1.807, 2.05) is 6.07 Å². The van der Waals surface area contributed by atoms with Crippen LogP contribution in [0.3, 0.4) is 0 Å². The fourth-order valence-electron chi connectivity index (χ4n) is 2.32. The lowest BCUT2D eigenvalue weighted by Crippen LogP contribution is -2.37. The van der Waals surface area contributed by atoms with Crippen molar-refractivity contribution in [3.05, 3.63) is 87.8 Å². The molecule has 2 N–H and O–H groups in total. The molecule has 154 valence electrons. The molecule has 7 nitrogen and oxygen atoms in total. The molecule has 9 heteroatoms. The first-order valence-corrected chi connectivity index (χ1v) is 9.57. The van der Waals surface area contributed by atoms with E-state index in [0.717, 1.165) is 5.56 Å². The Kier molecular flexibility index (Phi) is 7.48. The number of rotatable bonds is 7. The highest BCUT2D eigenvalue weighted by molar-refractivity contribution is 6.42. The van der Waals surface area contributed by atoms with E-state index in [1.54, 1.807) is 48.5 Å². The van der Waals surface area contributed by atoms with Crippen molar-refractivity contribution in [2.75, 3.05) is 0 Å². The minimum atomic E-state index is -0.876. The van der Waals surface area contributed by atoms with Crippen molar-refractivity contribution in [3.63, 3.8) is 0 Å². The van der Waals surface area contributed by atoms with Gasteiger partial charge in [-0.1, -0.05) is 29.3 Å². The summed E-state index contributed by atoms with van der Waals surface area (Å²) >= 11 is 11.9. The summed E-state index contributed by atoms with van der Waals surface area (Å²) in [5.41, 5.74) is 3.77. The molecule has 0 aliphatic carbocycles. The first-order valence-electron chi connectivity index (χ1n) is 8.81. The summed E-state index contributed by atoms with van der Waals surface area (Å²) < 4.78 is 10.8. The summed E-state index contributed by atoms with van der Waals surface area (Å²) in [5, 5.41) is 7.16. The lowest BCUT2D eigenvalue weighted by Gasteiger charge is -2.07. The molecule has 0 atom stereocenters. The molecule has 0 aliphatic heterocycles. The van der Waals surface area contributed by atoms with Gasteiger partial charge in [-0.15, -0.1) is 0 Å². The van der Waals surface area contributed by atoms with E-state index in [9.17, 15) is 9.59 Å². The van der Waals surface area contributed by atoms with Crippen LogP contribution >= 0.6 is 23.2 Å². The summed E-state index contributed by atoms with van der Waals surface area (Å²) in [7, 11) is 0. The van der Waals surface area contributed by atoms with Crippen LogP contribution in [0, 0.1) is 0 Å². The number of halogens is 2. The molecule has 0 fully saturated rings. The molecule has 0 saturated heterocycles. The molecule has 1 heterocycles. The summed E-state index contributed by atoms with van der Waals surface area (Å²) in [6, 6.07) is 15.7. The van der Waals surface area contributed by atoms with Gasteiger partial charge in [0.15, 0.2) is 0 Å². The molecule has 0 unspecified atom stereocenters. The van der Waals surface area contributed by atoms with Gasteiger partial charge in [0.2, 0.25) is 0 Å². The SMILES string of the molecule is O=C(NCc1ccco1)C(=O)N/N=C\c1ccc(OCc2ccc(Cl)c(Cl)c2)cc1. The number of hydrogen-bond donors (Lipinski definition) is 2. The topological polar surface area (TPSA) is 92.9 Å². The molecular weight excluding hydrogens is 429 g/mol. The van der Waals surface area contributed by atoms with Crippen molar-refractivity contribution in [1.82, 2.24) is 10.7 Å². The van der Waals surface area contributed by atoms with Gasteiger partial charge < -0.3 is 14.5 Å². The standard InChI is InChI=1S/C21H17Cl2N3O4/c22-18-8-5-15(10-19(18)23)13-30-16-6-3-14(4-7-16)11-25-26-21(28)20(27)24-12-17-2-1-9-29-17/h1-11H,12-13H2,(H,24,27)(H,26,28)/b25-11-. The molecule has 0 spiro atoms. The van der Waals surface area contributed by atoms with Crippen molar-refractivity contribution in [1.29, 1.82) is 0 Å². The molecule has 30 heavy (non-hydrogen) atoms. The first-order chi connectivity index (χ1) is 14.5. The molecular formula is C21H17Cl2N3O4. The average molecular weight is 446 g/mol. The lowest BCUT2D eigenvalue weighted by atomic mass is 10.2. The average Bonchev–Trinajstić information content (AvgIpc) is 3.27. The van der Waals surface area contributed by atoms with Crippen LogP contribution < -0.4 is 15.5 Å². The van der Waals surface area contributed by atoms with Gasteiger partial charge in [-0.25, -0.2) is 5.43 Å². The highest BCUT2D eigenvalue weighted by atomic mass is 35.5. The highest BCUT2D eigenvalue weighted by Gasteiger charge is 2.12. The summed E-state index contributed by atoms with van der Waals surface area (Å²) in [5.74, 6) is -0.491. The smallest absolute Gasteiger partial charge is 0.329 e. The third-order valence-electron chi connectivity index (χ3n) is 3.86. The number of benzene rings is 2. The van der Waals surface area contributed by atoms with Crippen LogP contribution in [-0.4, -0.2) is 18.0 Å². The maximum absolute atomic E-state index is 11.7. The Morgan fingerprint density at radius 2 is 1.83 bits per heavy atom. The van der Waals surface area contributed by atoms with Gasteiger partial charge in [-0.3, -0.25) is 9.59 Å². The van der Waals surface area contributed by atoms with E-state index in [1.165, 1.54) is 12.5 Å². The van der Waals surface area contributed by atoms with Gasteiger partial charge in [0.25, 0.3) is 0 Å². The van der Waals surface area contributed by atoms with Gasteiger partial charge in [-0.05, 0) is 59.7 Å². The molecule has 0 aliphatic rings. The van der Waals surface area contributed by atoms with Gasteiger partial charge >= 0.3 is 11.8 Å². The minimum Gasteiger partial charge on any atom is -0.489 e. The number of nitrogens with zero attached hydrogens (tertiary/aromatic N) is 1. The molecule has 3 aromatic rings. The highest BCUT2D eigenvalue weighted by Crippen LogP contribution is 2.23. The van der Waals surface area contributed by atoms with Crippen molar-refractivity contribution in [2.45, 2.75) is 13.2 Å². The van der Waals surface area contributed by atoms with E-state index in [2.05, 4.69) is 15.8 Å². The quantitative estimate of drug-likeness (QED) is 0.327. The zero-order valence-electron chi connectivity index (χ0n) is 15.6. The Labute approximate surface area is 182 Å². The molecule has 2 amide bonds. The maximum atomic E-state index is 11.7. The first kappa shape index (κ1) is 21.4. The second-order valence-corrected chi connectivity index (χ2v) is 6.88.